The zero-order valence-electron chi connectivity index (χ0n) is 26.0. The van der Waals surface area contributed by atoms with E-state index in [-0.39, 0.29) is 0 Å². The third kappa shape index (κ3) is 7.13. The molecule has 2 aliphatic rings. The van der Waals surface area contributed by atoms with Gasteiger partial charge in [0, 0.05) is 45.7 Å². The fraction of sp³-hybridized carbons (Fsp3) is 0.324. The van der Waals surface area contributed by atoms with Crippen molar-refractivity contribution >= 4 is 33.5 Å². The predicted molar refractivity (Wildman–Crippen MR) is 181 cm³/mol. The van der Waals surface area contributed by atoms with Crippen molar-refractivity contribution in [2.75, 3.05) is 26.7 Å². The molecule has 0 fully saturated rings. The molecule has 0 radical (unpaired) electrons. The number of hydrogen-bond donors (Lipinski definition) is 5. The lowest BCUT2D eigenvalue weighted by molar-refractivity contribution is 0.599. The topological polar surface area (TPSA) is 143 Å². The molecule has 0 bridgehead atoms. The summed E-state index contributed by atoms with van der Waals surface area (Å²) in [5.41, 5.74) is 16.4. The average molecular weight is 581 g/mol. The highest BCUT2D eigenvalue weighted by molar-refractivity contribution is 6.03. The molecule has 5 heterocycles. The second kappa shape index (κ2) is 14.6. The van der Waals surface area contributed by atoms with Crippen molar-refractivity contribution in [1.29, 1.82) is 0 Å². The molecule has 0 saturated heterocycles. The van der Waals surface area contributed by atoms with Crippen LogP contribution >= 0.6 is 0 Å². The molecule has 2 aromatic carbocycles. The second-order valence-corrected chi connectivity index (χ2v) is 10.2. The summed E-state index contributed by atoms with van der Waals surface area (Å²) < 4.78 is 6.11. The van der Waals surface area contributed by atoms with E-state index in [0.717, 1.165) is 87.0 Å². The van der Waals surface area contributed by atoms with Crippen LogP contribution in [-0.2, 0) is 0 Å². The Hall–Kier alpha value is -4.47. The summed E-state index contributed by atoms with van der Waals surface area (Å²) in [6, 6.07) is 21.7. The normalized spacial score (nSPS) is 16.9. The summed E-state index contributed by atoms with van der Waals surface area (Å²) in [4.78, 5) is 17.4. The summed E-state index contributed by atoms with van der Waals surface area (Å²) >= 11 is 0. The summed E-state index contributed by atoms with van der Waals surface area (Å²) in [6.07, 6.45) is 1.92. The molecule has 3 aromatic heterocycles. The monoisotopic (exact) mass is 580 g/mol. The van der Waals surface area contributed by atoms with Crippen molar-refractivity contribution in [3.8, 4) is 22.5 Å². The van der Waals surface area contributed by atoms with E-state index in [0.29, 0.717) is 12.1 Å². The Morgan fingerprint density at radius 1 is 0.791 bits per heavy atom. The Kier molecular flexibility index (Phi) is 10.7. The molecule has 0 spiro atoms. The van der Waals surface area contributed by atoms with Crippen LogP contribution in [0.25, 0.3) is 44.4 Å². The summed E-state index contributed by atoms with van der Waals surface area (Å²) in [6.45, 7) is 12.5. The third-order valence-corrected chi connectivity index (χ3v) is 6.83. The number of hydrogen-bond acceptors (Lipinski definition) is 8. The molecular weight excluding hydrogens is 536 g/mol. The first-order valence-electron chi connectivity index (χ1n) is 15.0. The molecule has 0 aliphatic carbocycles. The molecule has 226 valence electrons. The predicted octanol–water partition coefficient (Wildman–Crippen LogP) is 5.69. The smallest absolute Gasteiger partial charge is 0.170 e. The summed E-state index contributed by atoms with van der Waals surface area (Å²) in [5, 5.41) is 9.01. The van der Waals surface area contributed by atoms with Crippen LogP contribution in [-0.4, -0.2) is 60.4 Å². The van der Waals surface area contributed by atoms with Crippen LogP contribution in [0.5, 0.6) is 0 Å². The van der Waals surface area contributed by atoms with Crippen LogP contribution in [0.15, 0.2) is 81.3 Å². The summed E-state index contributed by atoms with van der Waals surface area (Å²) in [7, 11) is 1.50. The average Bonchev–Trinajstić information content (AvgIpc) is 3.85. The number of benzene rings is 2. The number of furan rings is 1. The second-order valence-electron chi connectivity index (χ2n) is 10.2. The van der Waals surface area contributed by atoms with Gasteiger partial charge in [0.05, 0.1) is 24.5 Å². The van der Waals surface area contributed by atoms with E-state index in [9.17, 15) is 0 Å². The van der Waals surface area contributed by atoms with E-state index in [1.54, 1.807) is 0 Å². The minimum Gasteiger partial charge on any atom is -0.453 e. The quantitative estimate of drug-likeness (QED) is 0.185. The number of nitrogens with two attached hydrogens (primary N) is 2. The van der Waals surface area contributed by atoms with Crippen LogP contribution in [0.4, 0.5) is 0 Å². The van der Waals surface area contributed by atoms with Crippen molar-refractivity contribution < 1.29 is 4.42 Å². The standard InChI is InChI=1S/C29H26N6O.C2H7N.C2H6.CH5N/c1-16-13-31-28(33-16)21-6-4-19-9-25(35-24(19)10-21)23-8-7-22(15-30-23)18-3-5-20-12-27(36-26(20)11-18)29-32-14-17(2)34-29;1-2-3;2*1-2/h3-12,15-17,35H,13-14H2,1-2H3,(H,31,33)(H,32,34);2-3H2,1H3;1-2H3;2H2,1H3/t16?,17-;;;/m1.../s1. The van der Waals surface area contributed by atoms with Gasteiger partial charge in [-0.05, 0) is 63.3 Å². The first-order valence-corrected chi connectivity index (χ1v) is 15.0. The zero-order valence-corrected chi connectivity index (χ0v) is 26.0. The number of rotatable bonds is 4. The lowest BCUT2D eigenvalue weighted by atomic mass is 10.1. The van der Waals surface area contributed by atoms with Crippen LogP contribution in [0, 0.1) is 0 Å². The maximum Gasteiger partial charge on any atom is 0.170 e. The van der Waals surface area contributed by atoms with Gasteiger partial charge in [-0.1, -0.05) is 51.1 Å². The van der Waals surface area contributed by atoms with Crippen molar-refractivity contribution in [3.63, 3.8) is 0 Å². The van der Waals surface area contributed by atoms with Gasteiger partial charge < -0.3 is 31.5 Å². The van der Waals surface area contributed by atoms with Crippen molar-refractivity contribution in [2.24, 2.45) is 21.5 Å². The molecule has 7 N–H and O–H groups in total. The minimum absolute atomic E-state index is 0.343. The number of pyridine rings is 1. The van der Waals surface area contributed by atoms with E-state index in [2.05, 4.69) is 99.8 Å². The number of nitrogens with one attached hydrogen (secondary N) is 3. The highest BCUT2D eigenvalue weighted by Crippen LogP contribution is 2.29. The fourth-order valence-electron chi connectivity index (χ4n) is 4.89. The molecule has 9 heteroatoms. The number of aliphatic imine (C=N–C) groups is 2. The Balaban J connectivity index is 0.000000561. The van der Waals surface area contributed by atoms with E-state index in [1.165, 1.54) is 7.05 Å². The fourth-order valence-corrected chi connectivity index (χ4v) is 4.89. The lowest BCUT2D eigenvalue weighted by Gasteiger charge is -2.05. The van der Waals surface area contributed by atoms with E-state index < -0.39 is 0 Å². The molecular formula is C34H44N8O. The number of H-pyrrole nitrogens is 1. The van der Waals surface area contributed by atoms with Crippen LogP contribution in [0.2, 0.25) is 0 Å². The SMILES string of the molecule is CC.CC1CN=C(c2ccc3cc(-c4ccc(-c5ccc6cc(C7=NC[C@@H](C)N7)oc6c5)cn4)[nH]c3c2)N1.CCN.CN. The molecule has 5 aromatic rings. The van der Waals surface area contributed by atoms with Gasteiger partial charge in [-0.25, -0.2) is 0 Å². The van der Waals surface area contributed by atoms with Gasteiger partial charge in [0.2, 0.25) is 0 Å². The molecule has 2 aliphatic heterocycles. The van der Waals surface area contributed by atoms with Crippen LogP contribution in [0.1, 0.15) is 45.9 Å². The van der Waals surface area contributed by atoms with Gasteiger partial charge in [0.1, 0.15) is 11.4 Å². The Labute approximate surface area is 253 Å². The van der Waals surface area contributed by atoms with Gasteiger partial charge in [0.15, 0.2) is 11.6 Å². The number of nitrogens with zero attached hydrogens (tertiary/aromatic N) is 3. The largest absolute Gasteiger partial charge is 0.453 e. The van der Waals surface area contributed by atoms with E-state index in [1.807, 2.05) is 33.0 Å². The minimum atomic E-state index is 0.343. The Bertz CT molecular complexity index is 1650. The van der Waals surface area contributed by atoms with Crippen molar-refractivity contribution in [3.05, 3.63) is 78.2 Å². The molecule has 1 unspecified atom stereocenters. The lowest BCUT2D eigenvalue weighted by Crippen LogP contribution is -2.27. The van der Waals surface area contributed by atoms with Gasteiger partial charge in [0.25, 0.3) is 0 Å². The Morgan fingerprint density at radius 2 is 1.42 bits per heavy atom. The van der Waals surface area contributed by atoms with Gasteiger partial charge >= 0.3 is 0 Å². The number of aromatic amines is 1. The summed E-state index contributed by atoms with van der Waals surface area (Å²) in [5.74, 6) is 2.58. The van der Waals surface area contributed by atoms with E-state index in [4.69, 9.17) is 15.1 Å². The molecule has 0 amide bonds. The molecule has 0 saturated carbocycles. The molecule has 9 nitrogen and oxygen atoms in total. The van der Waals surface area contributed by atoms with Gasteiger partial charge in [-0.2, -0.15) is 0 Å². The number of amidine groups is 2. The maximum absolute atomic E-state index is 6.11. The Morgan fingerprint density at radius 3 is 2.05 bits per heavy atom. The van der Waals surface area contributed by atoms with Gasteiger partial charge in [-0.15, -0.1) is 0 Å². The first kappa shape index (κ1) is 31.5. The molecule has 2 atom stereocenters. The first-order chi connectivity index (χ1) is 21.0. The van der Waals surface area contributed by atoms with Crippen LogP contribution in [0.3, 0.4) is 0 Å². The van der Waals surface area contributed by atoms with E-state index >= 15 is 0 Å². The highest BCUT2D eigenvalue weighted by Gasteiger charge is 2.18. The van der Waals surface area contributed by atoms with Gasteiger partial charge in [-0.3, -0.25) is 15.0 Å². The van der Waals surface area contributed by atoms with Crippen molar-refractivity contribution in [1.82, 2.24) is 20.6 Å². The molecule has 43 heavy (non-hydrogen) atoms. The third-order valence-electron chi connectivity index (χ3n) is 6.83. The van der Waals surface area contributed by atoms with Crippen LogP contribution < -0.4 is 22.1 Å². The number of aromatic nitrogens is 2. The number of fused-ring (bicyclic) bond motifs is 2. The highest BCUT2D eigenvalue weighted by atomic mass is 16.3. The zero-order chi connectivity index (χ0) is 30.9. The van der Waals surface area contributed by atoms with Crippen molar-refractivity contribution in [2.45, 2.75) is 46.7 Å². The maximum atomic E-state index is 6.11. The molecule has 7 rings (SSSR count).